The highest BCUT2D eigenvalue weighted by Crippen LogP contribution is 2.26. The highest BCUT2D eigenvalue weighted by atomic mass is 32.1. The molecule has 2 heterocycles. The molecule has 0 bridgehead atoms. The highest BCUT2D eigenvalue weighted by Gasteiger charge is 2.26. The van der Waals surface area contributed by atoms with Crippen LogP contribution in [0.3, 0.4) is 0 Å². The van der Waals surface area contributed by atoms with Crippen LogP contribution < -0.4 is 16.4 Å². The molecule has 126 valence electrons. The van der Waals surface area contributed by atoms with Crippen LogP contribution in [0.1, 0.15) is 16.1 Å². The van der Waals surface area contributed by atoms with E-state index >= 15 is 0 Å². The van der Waals surface area contributed by atoms with Gasteiger partial charge in [0.05, 0.1) is 9.88 Å². The maximum atomic E-state index is 12.5. The van der Waals surface area contributed by atoms with Gasteiger partial charge in [0.15, 0.2) is 0 Å². The van der Waals surface area contributed by atoms with Crippen LogP contribution in [-0.2, 0) is 0 Å². The number of amides is 3. The molecule has 1 fully saturated rings. The number of urea groups is 1. The van der Waals surface area contributed by atoms with Gasteiger partial charge in [-0.05, 0) is 43.1 Å². The molecule has 1 aromatic heterocycles. The van der Waals surface area contributed by atoms with Crippen LogP contribution in [-0.4, -0.2) is 36.5 Å². The Balaban J connectivity index is 1.57. The average molecular weight is 344 g/mol. The minimum atomic E-state index is -0.327. The summed E-state index contributed by atoms with van der Waals surface area (Å²) in [7, 11) is 0. The minimum absolute atomic E-state index is 0.00691. The molecule has 4 N–H and O–H groups in total. The van der Waals surface area contributed by atoms with Gasteiger partial charge in [-0.25, -0.2) is 4.79 Å². The van der Waals surface area contributed by atoms with Gasteiger partial charge < -0.3 is 16.0 Å². The van der Waals surface area contributed by atoms with Crippen LogP contribution in [0, 0.1) is 5.92 Å². The van der Waals surface area contributed by atoms with Crippen molar-refractivity contribution in [3.63, 3.8) is 0 Å². The highest BCUT2D eigenvalue weighted by molar-refractivity contribution is 7.18. The van der Waals surface area contributed by atoms with Gasteiger partial charge in [-0.2, -0.15) is 0 Å². The first-order valence-corrected chi connectivity index (χ1v) is 8.69. The molecule has 2 aromatic rings. The fourth-order valence-electron chi connectivity index (χ4n) is 2.68. The number of carbonyl (C=O) groups excluding carboxylic acids is 2. The topological polar surface area (TPSA) is 87.5 Å². The molecule has 3 rings (SSSR count). The van der Waals surface area contributed by atoms with Gasteiger partial charge in [0.2, 0.25) is 0 Å². The van der Waals surface area contributed by atoms with Crippen molar-refractivity contribution in [3.05, 3.63) is 47.3 Å². The normalized spacial score (nSPS) is 16.9. The van der Waals surface area contributed by atoms with Crippen molar-refractivity contribution in [1.29, 1.82) is 0 Å². The number of nitrogens with two attached hydrogens (primary N) is 1. The van der Waals surface area contributed by atoms with E-state index in [1.807, 2.05) is 35.2 Å². The van der Waals surface area contributed by atoms with Gasteiger partial charge >= 0.3 is 6.03 Å². The standard InChI is InChI=1S/C17H20N4O2S/c18-10-12-8-9-21(11-12)16(22)14-6-7-15(24-14)20-17(23)19-13-4-2-1-3-5-13/h1-7,12H,8-11,18H2,(H2,19,20,23). The Morgan fingerprint density at radius 2 is 1.96 bits per heavy atom. The molecule has 3 amide bonds. The number of likely N-dealkylation sites (tertiary alicyclic amines) is 1. The van der Waals surface area contributed by atoms with E-state index < -0.39 is 0 Å². The second-order valence-electron chi connectivity index (χ2n) is 5.75. The molecule has 1 unspecified atom stereocenters. The second-order valence-corrected chi connectivity index (χ2v) is 6.83. The SMILES string of the molecule is NCC1CCN(C(=O)c2ccc(NC(=O)Nc3ccccc3)s2)C1. The zero-order valence-electron chi connectivity index (χ0n) is 13.2. The van der Waals surface area contributed by atoms with Crippen LogP contribution in [0.5, 0.6) is 0 Å². The van der Waals surface area contributed by atoms with Gasteiger partial charge in [0.25, 0.3) is 5.91 Å². The molecule has 1 aromatic carbocycles. The van der Waals surface area contributed by atoms with Crippen LogP contribution in [0.15, 0.2) is 42.5 Å². The molecule has 1 aliphatic rings. The number of rotatable bonds is 4. The van der Waals surface area contributed by atoms with Gasteiger partial charge in [0, 0.05) is 18.8 Å². The van der Waals surface area contributed by atoms with Crippen molar-refractivity contribution >= 4 is 34.0 Å². The Morgan fingerprint density at radius 3 is 2.67 bits per heavy atom. The monoisotopic (exact) mass is 344 g/mol. The summed E-state index contributed by atoms with van der Waals surface area (Å²) in [6.07, 6.45) is 0.957. The Kier molecular flexibility index (Phi) is 5.12. The maximum Gasteiger partial charge on any atom is 0.324 e. The van der Waals surface area contributed by atoms with Crippen molar-refractivity contribution in [3.8, 4) is 0 Å². The Hall–Kier alpha value is -2.38. The zero-order valence-corrected chi connectivity index (χ0v) is 14.0. The van der Waals surface area contributed by atoms with Crippen molar-refractivity contribution in [2.45, 2.75) is 6.42 Å². The molecule has 24 heavy (non-hydrogen) atoms. The quantitative estimate of drug-likeness (QED) is 0.797. The Labute approximate surface area is 144 Å². The molecule has 1 atom stereocenters. The summed E-state index contributed by atoms with van der Waals surface area (Å²) in [5.41, 5.74) is 6.38. The molecule has 6 nitrogen and oxygen atoms in total. The lowest BCUT2D eigenvalue weighted by molar-refractivity contribution is 0.0792. The van der Waals surface area contributed by atoms with Crippen LogP contribution in [0.2, 0.25) is 0 Å². The molecule has 1 aliphatic heterocycles. The van der Waals surface area contributed by atoms with Crippen molar-refractivity contribution in [2.75, 3.05) is 30.3 Å². The zero-order chi connectivity index (χ0) is 16.9. The second kappa shape index (κ2) is 7.46. The molecular weight excluding hydrogens is 324 g/mol. The van der Waals surface area contributed by atoms with Crippen molar-refractivity contribution < 1.29 is 9.59 Å². The lowest BCUT2D eigenvalue weighted by Crippen LogP contribution is -2.29. The Bertz CT molecular complexity index is 716. The first kappa shape index (κ1) is 16.5. The van der Waals surface area contributed by atoms with Gasteiger partial charge in [-0.15, -0.1) is 11.3 Å². The van der Waals surface area contributed by atoms with Crippen molar-refractivity contribution in [2.24, 2.45) is 11.7 Å². The summed E-state index contributed by atoms with van der Waals surface area (Å²) >= 11 is 1.28. The molecular formula is C17H20N4O2S. The maximum absolute atomic E-state index is 12.5. The molecule has 0 radical (unpaired) electrons. The minimum Gasteiger partial charge on any atom is -0.338 e. The number of nitrogens with zero attached hydrogens (tertiary/aromatic N) is 1. The van der Waals surface area contributed by atoms with E-state index in [9.17, 15) is 9.59 Å². The average Bonchev–Trinajstić information content (AvgIpc) is 3.24. The number of carbonyl (C=O) groups is 2. The predicted molar refractivity (Wildman–Crippen MR) is 96.5 cm³/mol. The summed E-state index contributed by atoms with van der Waals surface area (Å²) in [4.78, 5) is 26.9. The van der Waals surface area contributed by atoms with Crippen molar-refractivity contribution in [1.82, 2.24) is 4.90 Å². The van der Waals surface area contributed by atoms with E-state index in [2.05, 4.69) is 10.6 Å². The van der Waals surface area contributed by atoms with E-state index in [-0.39, 0.29) is 11.9 Å². The summed E-state index contributed by atoms with van der Waals surface area (Å²) in [5, 5.41) is 6.14. The number of anilines is 2. The molecule has 0 aliphatic carbocycles. The smallest absolute Gasteiger partial charge is 0.324 e. The summed E-state index contributed by atoms with van der Waals surface area (Å²) in [5.74, 6) is 0.399. The first-order valence-electron chi connectivity index (χ1n) is 7.88. The number of thiophene rings is 1. The molecule has 0 saturated carbocycles. The van der Waals surface area contributed by atoms with Gasteiger partial charge in [0.1, 0.15) is 0 Å². The van der Waals surface area contributed by atoms with Crippen LogP contribution in [0.4, 0.5) is 15.5 Å². The Morgan fingerprint density at radius 1 is 1.17 bits per heavy atom. The predicted octanol–water partition coefficient (Wildman–Crippen LogP) is 2.81. The molecule has 0 spiro atoms. The third-order valence-corrected chi connectivity index (χ3v) is 4.98. The van der Waals surface area contributed by atoms with Crippen LogP contribution >= 0.6 is 11.3 Å². The lowest BCUT2D eigenvalue weighted by atomic mass is 10.1. The first-order chi connectivity index (χ1) is 11.7. The fraction of sp³-hybridized carbons (Fsp3) is 0.294. The third-order valence-electron chi connectivity index (χ3n) is 3.99. The summed E-state index contributed by atoms with van der Waals surface area (Å²) < 4.78 is 0. The van der Waals surface area contributed by atoms with Crippen LogP contribution in [0.25, 0.3) is 0 Å². The number of hydrogen-bond donors (Lipinski definition) is 3. The largest absolute Gasteiger partial charge is 0.338 e. The van der Waals surface area contributed by atoms with E-state index in [0.717, 1.165) is 13.0 Å². The van der Waals surface area contributed by atoms with Gasteiger partial charge in [-0.1, -0.05) is 18.2 Å². The molecule has 7 heteroatoms. The van der Waals surface area contributed by atoms with E-state index in [0.29, 0.717) is 34.6 Å². The molecule has 1 saturated heterocycles. The lowest BCUT2D eigenvalue weighted by Gasteiger charge is -2.14. The summed E-state index contributed by atoms with van der Waals surface area (Å²) in [6, 6.07) is 12.4. The fourth-order valence-corrected chi connectivity index (χ4v) is 3.55. The third kappa shape index (κ3) is 3.93. The number of para-hydroxylation sites is 1. The number of hydrogen-bond acceptors (Lipinski definition) is 4. The number of benzene rings is 1. The van der Waals surface area contributed by atoms with E-state index in [4.69, 9.17) is 5.73 Å². The summed E-state index contributed by atoms with van der Waals surface area (Å²) in [6.45, 7) is 2.07. The van der Waals surface area contributed by atoms with Gasteiger partial charge in [-0.3, -0.25) is 10.1 Å². The van der Waals surface area contributed by atoms with E-state index in [1.54, 1.807) is 12.1 Å². The number of nitrogens with one attached hydrogen (secondary N) is 2. The van der Waals surface area contributed by atoms with E-state index in [1.165, 1.54) is 11.3 Å².